The second-order valence-electron chi connectivity index (χ2n) is 6.78. The lowest BCUT2D eigenvalue weighted by Crippen LogP contribution is -2.41. The van der Waals surface area contributed by atoms with Crippen LogP contribution in [-0.4, -0.2) is 39.0 Å². The lowest BCUT2D eigenvalue weighted by atomic mass is 9.90. The topological polar surface area (TPSA) is 72.1 Å². The third-order valence-corrected chi connectivity index (χ3v) is 5.14. The first-order chi connectivity index (χ1) is 12.3. The first-order valence-electron chi connectivity index (χ1n) is 8.99. The van der Waals surface area contributed by atoms with Crippen molar-refractivity contribution in [1.82, 2.24) is 20.0 Å². The summed E-state index contributed by atoms with van der Waals surface area (Å²) in [6.07, 6.45) is 12.4. The molecular formula is C19H22N4O2. The molecule has 0 unspecified atom stereocenters. The zero-order valence-corrected chi connectivity index (χ0v) is 14.2. The third kappa shape index (κ3) is 3.48. The van der Waals surface area contributed by atoms with E-state index in [1.165, 1.54) is 0 Å². The molecule has 1 amide bonds. The number of aromatic nitrogens is 3. The minimum atomic E-state index is 0.170. The summed E-state index contributed by atoms with van der Waals surface area (Å²) in [5.74, 6) is 1.99. The highest BCUT2D eigenvalue weighted by Gasteiger charge is 2.30. The molecule has 1 aliphatic carbocycles. The number of nitrogens with zero attached hydrogens (tertiary/aromatic N) is 4. The maximum atomic E-state index is 12.6. The summed E-state index contributed by atoms with van der Waals surface area (Å²) in [5, 5.41) is 4.15. The fourth-order valence-corrected chi connectivity index (χ4v) is 3.64. The lowest BCUT2D eigenvalue weighted by Gasteiger charge is -2.33. The number of amides is 1. The SMILES string of the molecule is O=C([C@H]1CC=CCC1)N1CCC(c2noc(-c3cccnc3)n2)CC1. The predicted molar refractivity (Wildman–Crippen MR) is 92.6 cm³/mol. The highest BCUT2D eigenvalue weighted by atomic mass is 16.5. The second-order valence-corrected chi connectivity index (χ2v) is 6.78. The normalized spacial score (nSPS) is 21.4. The molecule has 1 fully saturated rings. The Kier molecular flexibility index (Phi) is 4.59. The number of hydrogen-bond acceptors (Lipinski definition) is 5. The average Bonchev–Trinajstić information content (AvgIpc) is 3.19. The van der Waals surface area contributed by atoms with Crippen LogP contribution in [0.5, 0.6) is 0 Å². The van der Waals surface area contributed by atoms with Crippen LogP contribution >= 0.6 is 0 Å². The Hall–Kier alpha value is -2.50. The van der Waals surface area contributed by atoms with Crippen LogP contribution in [0.2, 0.25) is 0 Å². The number of allylic oxidation sites excluding steroid dienone is 2. The van der Waals surface area contributed by atoms with Gasteiger partial charge in [0.2, 0.25) is 5.91 Å². The van der Waals surface area contributed by atoms with Crippen molar-refractivity contribution in [1.29, 1.82) is 0 Å². The van der Waals surface area contributed by atoms with Gasteiger partial charge in [0.25, 0.3) is 5.89 Å². The first kappa shape index (κ1) is 16.0. The van der Waals surface area contributed by atoms with Gasteiger partial charge in [0.05, 0.1) is 5.56 Å². The summed E-state index contributed by atoms with van der Waals surface area (Å²) < 4.78 is 5.38. The highest BCUT2D eigenvalue weighted by Crippen LogP contribution is 2.29. The van der Waals surface area contributed by atoms with Crippen molar-refractivity contribution >= 4 is 5.91 Å². The molecule has 2 aliphatic rings. The zero-order chi connectivity index (χ0) is 17.1. The van der Waals surface area contributed by atoms with Crippen molar-refractivity contribution in [2.24, 2.45) is 5.92 Å². The molecule has 0 bridgehead atoms. The Morgan fingerprint density at radius 2 is 2.08 bits per heavy atom. The van der Waals surface area contributed by atoms with E-state index in [4.69, 9.17) is 4.52 Å². The Bertz CT molecular complexity index is 748. The Morgan fingerprint density at radius 1 is 1.20 bits per heavy atom. The molecular weight excluding hydrogens is 316 g/mol. The molecule has 1 atom stereocenters. The van der Waals surface area contributed by atoms with Gasteiger partial charge in [0.15, 0.2) is 5.82 Å². The van der Waals surface area contributed by atoms with Gasteiger partial charge in [0, 0.05) is 37.3 Å². The summed E-state index contributed by atoms with van der Waals surface area (Å²) in [7, 11) is 0. The van der Waals surface area contributed by atoms with Crippen molar-refractivity contribution in [2.45, 2.75) is 38.0 Å². The molecule has 2 aromatic heterocycles. The molecule has 0 saturated carbocycles. The quantitative estimate of drug-likeness (QED) is 0.804. The second kappa shape index (κ2) is 7.17. The molecule has 6 heteroatoms. The molecule has 3 heterocycles. The van der Waals surface area contributed by atoms with Crippen LogP contribution < -0.4 is 0 Å². The first-order valence-corrected chi connectivity index (χ1v) is 8.99. The predicted octanol–water partition coefficient (Wildman–Crippen LogP) is 3.19. The standard InChI is InChI=1S/C19H22N4O2/c24-19(15-5-2-1-3-6-15)23-11-8-14(9-12-23)17-21-18(25-22-17)16-7-4-10-20-13-16/h1-2,4,7,10,13-15H,3,5-6,8-9,11-12H2/t15-/m0/s1. The van der Waals surface area contributed by atoms with Crippen molar-refractivity contribution in [3.8, 4) is 11.5 Å². The number of piperidine rings is 1. The van der Waals surface area contributed by atoms with Gasteiger partial charge < -0.3 is 9.42 Å². The maximum Gasteiger partial charge on any atom is 0.259 e. The number of hydrogen-bond donors (Lipinski definition) is 0. The van der Waals surface area contributed by atoms with E-state index in [2.05, 4.69) is 27.3 Å². The van der Waals surface area contributed by atoms with Crippen molar-refractivity contribution in [3.63, 3.8) is 0 Å². The van der Waals surface area contributed by atoms with Crippen LogP contribution in [0.25, 0.3) is 11.5 Å². The van der Waals surface area contributed by atoms with Crippen LogP contribution in [0.3, 0.4) is 0 Å². The summed E-state index contributed by atoms with van der Waals surface area (Å²) >= 11 is 0. The highest BCUT2D eigenvalue weighted by molar-refractivity contribution is 5.79. The van der Waals surface area contributed by atoms with E-state index in [0.717, 1.165) is 56.6 Å². The Labute approximate surface area is 146 Å². The van der Waals surface area contributed by atoms with Crippen LogP contribution in [0.4, 0.5) is 0 Å². The van der Waals surface area contributed by atoms with Gasteiger partial charge in [-0.2, -0.15) is 4.98 Å². The van der Waals surface area contributed by atoms with E-state index < -0.39 is 0 Å². The van der Waals surface area contributed by atoms with Gasteiger partial charge >= 0.3 is 0 Å². The summed E-state index contributed by atoms with van der Waals surface area (Å²) in [4.78, 5) is 23.3. The number of carbonyl (C=O) groups excluding carboxylic acids is 1. The average molecular weight is 338 g/mol. The molecule has 1 saturated heterocycles. The fraction of sp³-hybridized carbons (Fsp3) is 0.474. The van der Waals surface area contributed by atoms with Gasteiger partial charge in [-0.3, -0.25) is 9.78 Å². The molecule has 4 rings (SSSR count). The van der Waals surface area contributed by atoms with E-state index in [1.807, 2.05) is 17.0 Å². The largest absolute Gasteiger partial charge is 0.342 e. The van der Waals surface area contributed by atoms with Gasteiger partial charge in [-0.1, -0.05) is 17.3 Å². The molecule has 1 aliphatic heterocycles. The van der Waals surface area contributed by atoms with Gasteiger partial charge in [-0.15, -0.1) is 0 Å². The van der Waals surface area contributed by atoms with Gasteiger partial charge in [-0.25, -0.2) is 0 Å². The number of likely N-dealkylation sites (tertiary alicyclic amines) is 1. The Morgan fingerprint density at radius 3 is 2.80 bits per heavy atom. The molecule has 130 valence electrons. The minimum Gasteiger partial charge on any atom is -0.342 e. The van der Waals surface area contributed by atoms with Crippen molar-refractivity contribution < 1.29 is 9.32 Å². The molecule has 0 radical (unpaired) electrons. The number of carbonyl (C=O) groups is 1. The zero-order valence-electron chi connectivity index (χ0n) is 14.2. The maximum absolute atomic E-state index is 12.6. The summed E-state index contributed by atoms with van der Waals surface area (Å²) in [5.41, 5.74) is 0.833. The monoisotopic (exact) mass is 338 g/mol. The molecule has 2 aromatic rings. The summed E-state index contributed by atoms with van der Waals surface area (Å²) in [6, 6.07) is 3.76. The van der Waals surface area contributed by atoms with E-state index >= 15 is 0 Å². The van der Waals surface area contributed by atoms with E-state index in [9.17, 15) is 4.79 Å². The van der Waals surface area contributed by atoms with E-state index in [1.54, 1.807) is 12.4 Å². The Balaban J connectivity index is 1.37. The van der Waals surface area contributed by atoms with E-state index in [0.29, 0.717) is 11.8 Å². The van der Waals surface area contributed by atoms with Crippen LogP contribution in [0.15, 0.2) is 41.2 Å². The number of pyridine rings is 1. The number of rotatable bonds is 3. The van der Waals surface area contributed by atoms with Crippen LogP contribution in [0.1, 0.15) is 43.8 Å². The van der Waals surface area contributed by atoms with E-state index in [-0.39, 0.29) is 11.8 Å². The van der Waals surface area contributed by atoms with Crippen molar-refractivity contribution in [3.05, 3.63) is 42.5 Å². The van der Waals surface area contributed by atoms with Gasteiger partial charge in [-0.05, 0) is 44.2 Å². The van der Waals surface area contributed by atoms with Crippen LogP contribution in [0, 0.1) is 5.92 Å². The lowest BCUT2D eigenvalue weighted by molar-refractivity contribution is -0.136. The molecule has 0 aromatic carbocycles. The molecule has 25 heavy (non-hydrogen) atoms. The smallest absolute Gasteiger partial charge is 0.259 e. The fourth-order valence-electron chi connectivity index (χ4n) is 3.64. The van der Waals surface area contributed by atoms with Gasteiger partial charge in [0.1, 0.15) is 0 Å². The molecule has 0 N–H and O–H groups in total. The van der Waals surface area contributed by atoms with Crippen molar-refractivity contribution in [2.75, 3.05) is 13.1 Å². The third-order valence-electron chi connectivity index (χ3n) is 5.14. The van der Waals surface area contributed by atoms with Crippen LogP contribution in [-0.2, 0) is 4.79 Å². The molecule has 6 nitrogen and oxygen atoms in total. The minimum absolute atomic E-state index is 0.170. The summed E-state index contributed by atoms with van der Waals surface area (Å²) in [6.45, 7) is 1.56. The molecule has 0 spiro atoms.